The molecule has 1 aliphatic rings. The molecule has 2 unspecified atom stereocenters. The molecule has 2 heteroatoms. The van der Waals surface area contributed by atoms with Crippen molar-refractivity contribution in [1.29, 1.82) is 0 Å². The van der Waals surface area contributed by atoms with Gasteiger partial charge in [-0.25, -0.2) is 0 Å². The van der Waals surface area contributed by atoms with E-state index in [-0.39, 0.29) is 11.4 Å². The van der Waals surface area contributed by atoms with Crippen molar-refractivity contribution in [2.24, 2.45) is 11.3 Å². The van der Waals surface area contributed by atoms with Crippen LogP contribution in [0, 0.1) is 11.3 Å². The molecule has 0 N–H and O–H groups in total. The minimum atomic E-state index is -0.297. The average Bonchev–Trinajstić information content (AvgIpc) is 2.01. The van der Waals surface area contributed by atoms with Crippen LogP contribution in [0.15, 0.2) is 11.6 Å². The van der Waals surface area contributed by atoms with Crippen LogP contribution in [0.25, 0.3) is 0 Å². The summed E-state index contributed by atoms with van der Waals surface area (Å²) >= 11 is 0. The van der Waals surface area contributed by atoms with Crippen molar-refractivity contribution in [2.75, 3.05) is 6.61 Å². The first-order valence-corrected chi connectivity index (χ1v) is 5.32. The summed E-state index contributed by atoms with van der Waals surface area (Å²) in [6.07, 6.45) is 4.00. The van der Waals surface area contributed by atoms with E-state index in [9.17, 15) is 4.79 Å². The molecule has 0 aromatic carbocycles. The number of hydrogen-bond donors (Lipinski definition) is 0. The van der Waals surface area contributed by atoms with Crippen molar-refractivity contribution >= 4 is 5.97 Å². The molecule has 0 saturated heterocycles. The first kappa shape index (κ1) is 11.3. The normalized spacial score (nSPS) is 32.3. The molecule has 0 saturated carbocycles. The molecular formula is C12H20O2. The van der Waals surface area contributed by atoms with E-state index >= 15 is 0 Å². The van der Waals surface area contributed by atoms with E-state index in [1.54, 1.807) is 0 Å². The summed E-state index contributed by atoms with van der Waals surface area (Å²) in [6, 6.07) is 0. The minimum Gasteiger partial charge on any atom is -0.466 e. The molecule has 0 amide bonds. The van der Waals surface area contributed by atoms with Crippen LogP contribution in [0.4, 0.5) is 0 Å². The Labute approximate surface area is 86.3 Å². The van der Waals surface area contributed by atoms with Gasteiger partial charge in [0, 0.05) is 0 Å². The molecule has 14 heavy (non-hydrogen) atoms. The Morgan fingerprint density at radius 3 is 2.86 bits per heavy atom. The predicted molar refractivity (Wildman–Crippen MR) is 56.9 cm³/mol. The summed E-state index contributed by atoms with van der Waals surface area (Å²) in [5, 5.41) is 0. The number of hydrogen-bond acceptors (Lipinski definition) is 2. The molecule has 0 spiro atoms. The molecule has 0 heterocycles. The summed E-state index contributed by atoms with van der Waals surface area (Å²) in [6.45, 7) is 8.59. The highest BCUT2D eigenvalue weighted by Gasteiger charge is 2.38. The van der Waals surface area contributed by atoms with E-state index in [0.29, 0.717) is 12.5 Å². The number of carbonyl (C=O) groups is 1. The zero-order chi connectivity index (χ0) is 10.8. The zero-order valence-electron chi connectivity index (χ0n) is 9.59. The lowest BCUT2D eigenvalue weighted by atomic mass is 9.72. The van der Waals surface area contributed by atoms with E-state index in [1.165, 1.54) is 5.57 Å². The van der Waals surface area contributed by atoms with Crippen LogP contribution >= 0.6 is 0 Å². The topological polar surface area (TPSA) is 26.3 Å². The van der Waals surface area contributed by atoms with Gasteiger partial charge in [-0.3, -0.25) is 4.79 Å². The molecule has 1 rings (SSSR count). The molecule has 2 atom stereocenters. The summed E-state index contributed by atoms with van der Waals surface area (Å²) in [4.78, 5) is 11.8. The maximum Gasteiger partial charge on any atom is 0.312 e. The van der Waals surface area contributed by atoms with E-state index in [4.69, 9.17) is 4.74 Å². The van der Waals surface area contributed by atoms with Gasteiger partial charge >= 0.3 is 5.97 Å². The Kier molecular flexibility index (Phi) is 3.35. The summed E-state index contributed by atoms with van der Waals surface area (Å²) < 4.78 is 5.11. The molecule has 0 aromatic heterocycles. The average molecular weight is 196 g/mol. The van der Waals surface area contributed by atoms with Crippen molar-refractivity contribution in [2.45, 2.75) is 40.5 Å². The smallest absolute Gasteiger partial charge is 0.312 e. The molecule has 0 fully saturated rings. The lowest BCUT2D eigenvalue weighted by Crippen LogP contribution is -2.34. The highest BCUT2D eigenvalue weighted by molar-refractivity contribution is 5.77. The molecule has 0 bridgehead atoms. The fourth-order valence-corrected chi connectivity index (χ4v) is 2.46. The Morgan fingerprint density at radius 2 is 2.36 bits per heavy atom. The number of allylic oxidation sites excluding steroid dienone is 2. The van der Waals surface area contributed by atoms with Crippen LogP contribution in [0.5, 0.6) is 0 Å². The SMILES string of the molecule is CCOC(=O)C1(C)CC(C)=CC(C)C1. The maximum atomic E-state index is 11.8. The van der Waals surface area contributed by atoms with E-state index in [0.717, 1.165) is 12.8 Å². The second-order valence-corrected chi connectivity index (χ2v) is 4.65. The van der Waals surface area contributed by atoms with Crippen LogP contribution in [0.3, 0.4) is 0 Å². The van der Waals surface area contributed by atoms with Crippen molar-refractivity contribution in [3.63, 3.8) is 0 Å². The molecule has 0 aliphatic heterocycles. The highest BCUT2D eigenvalue weighted by Crippen LogP contribution is 2.39. The van der Waals surface area contributed by atoms with Gasteiger partial charge in [0.15, 0.2) is 0 Å². The van der Waals surface area contributed by atoms with Gasteiger partial charge in [-0.15, -0.1) is 0 Å². The van der Waals surface area contributed by atoms with Crippen molar-refractivity contribution in [3.05, 3.63) is 11.6 Å². The van der Waals surface area contributed by atoms with Gasteiger partial charge in [0.1, 0.15) is 0 Å². The Morgan fingerprint density at radius 1 is 1.71 bits per heavy atom. The third-order valence-corrected chi connectivity index (χ3v) is 2.78. The minimum absolute atomic E-state index is 0.0423. The van der Waals surface area contributed by atoms with Gasteiger partial charge in [-0.2, -0.15) is 0 Å². The molecule has 1 aliphatic carbocycles. The van der Waals surface area contributed by atoms with E-state index in [2.05, 4.69) is 19.9 Å². The Bertz CT molecular complexity index is 255. The van der Waals surface area contributed by atoms with Gasteiger partial charge in [0.05, 0.1) is 12.0 Å². The quantitative estimate of drug-likeness (QED) is 0.501. The first-order valence-electron chi connectivity index (χ1n) is 5.32. The molecule has 80 valence electrons. The molecule has 2 nitrogen and oxygen atoms in total. The van der Waals surface area contributed by atoms with Gasteiger partial charge < -0.3 is 4.74 Å². The van der Waals surface area contributed by atoms with Crippen LogP contribution in [0.1, 0.15) is 40.5 Å². The summed E-state index contributed by atoms with van der Waals surface area (Å²) in [5.74, 6) is 0.442. The predicted octanol–water partition coefficient (Wildman–Crippen LogP) is 2.93. The molecular weight excluding hydrogens is 176 g/mol. The van der Waals surface area contributed by atoms with Crippen LogP contribution in [-0.4, -0.2) is 12.6 Å². The summed E-state index contributed by atoms with van der Waals surface area (Å²) in [5.41, 5.74) is 1.01. The monoisotopic (exact) mass is 196 g/mol. The molecule has 0 aromatic rings. The lowest BCUT2D eigenvalue weighted by molar-refractivity contribution is -0.155. The Hall–Kier alpha value is -0.790. The van der Waals surface area contributed by atoms with Crippen LogP contribution in [-0.2, 0) is 9.53 Å². The maximum absolute atomic E-state index is 11.8. The van der Waals surface area contributed by atoms with Crippen molar-refractivity contribution < 1.29 is 9.53 Å². The third-order valence-electron chi connectivity index (χ3n) is 2.78. The standard InChI is InChI=1S/C12H20O2/c1-5-14-11(13)12(4)7-9(2)6-10(3)8-12/h6,9H,5,7-8H2,1-4H3. The van der Waals surface area contributed by atoms with Gasteiger partial charge in [0.25, 0.3) is 0 Å². The summed E-state index contributed by atoms with van der Waals surface area (Å²) in [7, 11) is 0. The van der Waals surface area contributed by atoms with Crippen LogP contribution < -0.4 is 0 Å². The number of ether oxygens (including phenoxy) is 1. The second kappa shape index (κ2) is 4.16. The number of rotatable bonds is 2. The van der Waals surface area contributed by atoms with E-state index < -0.39 is 0 Å². The first-order chi connectivity index (χ1) is 6.48. The van der Waals surface area contributed by atoms with Gasteiger partial charge in [-0.05, 0) is 39.5 Å². The fraction of sp³-hybridized carbons (Fsp3) is 0.750. The van der Waals surface area contributed by atoms with Crippen molar-refractivity contribution in [3.8, 4) is 0 Å². The van der Waals surface area contributed by atoms with Crippen LogP contribution in [0.2, 0.25) is 0 Å². The molecule has 0 radical (unpaired) electrons. The van der Waals surface area contributed by atoms with Crippen molar-refractivity contribution in [1.82, 2.24) is 0 Å². The zero-order valence-corrected chi connectivity index (χ0v) is 9.59. The van der Waals surface area contributed by atoms with Gasteiger partial charge in [0.2, 0.25) is 0 Å². The fourth-order valence-electron chi connectivity index (χ4n) is 2.46. The highest BCUT2D eigenvalue weighted by atomic mass is 16.5. The largest absolute Gasteiger partial charge is 0.466 e. The Balaban J connectivity index is 2.76. The third kappa shape index (κ3) is 2.37. The number of carbonyl (C=O) groups excluding carboxylic acids is 1. The van der Waals surface area contributed by atoms with Gasteiger partial charge in [-0.1, -0.05) is 18.6 Å². The number of esters is 1. The second-order valence-electron chi connectivity index (χ2n) is 4.65. The lowest BCUT2D eigenvalue weighted by Gasteiger charge is -2.33. The van der Waals surface area contributed by atoms with E-state index in [1.807, 2.05) is 13.8 Å².